The highest BCUT2D eigenvalue weighted by atomic mass is 32.2. The topological polar surface area (TPSA) is 81.4 Å². The molecule has 1 N–H and O–H groups in total. The Bertz CT molecular complexity index is 618. The van der Waals surface area contributed by atoms with Crippen molar-refractivity contribution in [2.24, 2.45) is 0 Å². The molecule has 0 spiro atoms. The van der Waals surface area contributed by atoms with Crippen molar-refractivity contribution in [3.63, 3.8) is 0 Å². The second kappa shape index (κ2) is 8.71. The first-order chi connectivity index (χ1) is 11.1. The van der Waals surface area contributed by atoms with Crippen LogP contribution in [-0.2, 0) is 11.4 Å². The van der Waals surface area contributed by atoms with E-state index in [4.69, 9.17) is 4.52 Å². The molecular weight excluding hydrogens is 314 g/mol. The first-order valence-electron chi connectivity index (χ1n) is 7.51. The molecule has 1 atom stereocenters. The van der Waals surface area contributed by atoms with Crippen molar-refractivity contribution in [1.82, 2.24) is 14.8 Å². The van der Waals surface area contributed by atoms with Crippen LogP contribution in [0.25, 0.3) is 11.3 Å². The molecule has 1 heterocycles. The predicted octanol–water partition coefficient (Wildman–Crippen LogP) is 2.08. The summed E-state index contributed by atoms with van der Waals surface area (Å²) in [6.45, 7) is 3.04. The first kappa shape index (κ1) is 17.5. The molecule has 124 valence electrons. The van der Waals surface area contributed by atoms with Gasteiger partial charge in [-0.25, -0.2) is 0 Å². The van der Waals surface area contributed by atoms with Crippen molar-refractivity contribution < 1.29 is 13.9 Å². The van der Waals surface area contributed by atoms with E-state index in [1.165, 1.54) is 0 Å². The van der Waals surface area contributed by atoms with Gasteiger partial charge in [-0.3, -0.25) is 4.79 Å². The summed E-state index contributed by atoms with van der Waals surface area (Å²) in [6, 6.07) is 11.1. The zero-order chi connectivity index (χ0) is 16.7. The Morgan fingerprint density at radius 2 is 2.13 bits per heavy atom. The SMILES string of the molecule is CC[S+]([O-])N(C)CCCNC(=O)c1cc(-c2ccccc2)on1. The van der Waals surface area contributed by atoms with Crippen LogP contribution in [0.3, 0.4) is 0 Å². The van der Waals surface area contributed by atoms with Crippen molar-refractivity contribution in [3.8, 4) is 11.3 Å². The molecule has 23 heavy (non-hydrogen) atoms. The summed E-state index contributed by atoms with van der Waals surface area (Å²) in [5.74, 6) is 0.897. The summed E-state index contributed by atoms with van der Waals surface area (Å²) < 4.78 is 18.5. The number of hydrogen-bond acceptors (Lipinski definition) is 5. The van der Waals surface area contributed by atoms with Crippen molar-refractivity contribution in [3.05, 3.63) is 42.1 Å². The lowest BCUT2D eigenvalue weighted by Crippen LogP contribution is -2.32. The average molecular weight is 335 g/mol. The van der Waals surface area contributed by atoms with Crippen LogP contribution in [-0.4, -0.2) is 45.8 Å². The van der Waals surface area contributed by atoms with Crippen LogP contribution < -0.4 is 5.32 Å². The number of nitrogens with zero attached hydrogens (tertiary/aromatic N) is 2. The van der Waals surface area contributed by atoms with Crippen molar-refractivity contribution >= 4 is 17.3 Å². The lowest BCUT2D eigenvalue weighted by Gasteiger charge is -2.18. The summed E-state index contributed by atoms with van der Waals surface area (Å²) in [6.07, 6.45) is 0.720. The Labute approximate surface area is 139 Å². The molecule has 0 bridgehead atoms. The van der Waals surface area contributed by atoms with Gasteiger partial charge in [-0.15, -0.1) is 4.31 Å². The summed E-state index contributed by atoms with van der Waals surface area (Å²) in [4.78, 5) is 12.0. The Kier molecular flexibility index (Phi) is 6.64. The summed E-state index contributed by atoms with van der Waals surface area (Å²) in [7, 11) is 1.81. The van der Waals surface area contributed by atoms with Crippen LogP contribution in [0.1, 0.15) is 23.8 Å². The number of benzene rings is 1. The van der Waals surface area contributed by atoms with E-state index in [1.54, 1.807) is 10.4 Å². The van der Waals surface area contributed by atoms with Gasteiger partial charge >= 0.3 is 0 Å². The second-order valence-electron chi connectivity index (χ2n) is 5.01. The van der Waals surface area contributed by atoms with E-state index in [9.17, 15) is 9.35 Å². The molecule has 1 aromatic heterocycles. The molecule has 0 aliphatic carbocycles. The van der Waals surface area contributed by atoms with Crippen LogP contribution in [0.2, 0.25) is 0 Å². The Morgan fingerprint density at radius 3 is 2.83 bits per heavy atom. The van der Waals surface area contributed by atoms with E-state index in [1.807, 2.05) is 44.3 Å². The van der Waals surface area contributed by atoms with Crippen LogP contribution in [0.4, 0.5) is 0 Å². The standard InChI is InChI=1S/C16H21N3O3S/c1-3-23(21)19(2)11-7-10-17-16(20)14-12-15(22-18-14)13-8-5-4-6-9-13/h4-6,8-9,12H,3,7,10-11H2,1-2H3,(H,17,20). The highest BCUT2D eigenvalue weighted by molar-refractivity contribution is 7.89. The minimum absolute atomic E-state index is 0.259. The molecule has 6 nitrogen and oxygen atoms in total. The molecule has 7 heteroatoms. The van der Waals surface area contributed by atoms with Crippen LogP contribution in [0, 0.1) is 0 Å². The molecule has 0 fully saturated rings. The van der Waals surface area contributed by atoms with Gasteiger partial charge in [-0.2, -0.15) is 0 Å². The van der Waals surface area contributed by atoms with E-state index < -0.39 is 11.4 Å². The third-order valence-electron chi connectivity index (χ3n) is 3.33. The van der Waals surface area contributed by atoms with E-state index >= 15 is 0 Å². The van der Waals surface area contributed by atoms with Gasteiger partial charge in [0.1, 0.15) is 5.75 Å². The fraction of sp³-hybridized carbons (Fsp3) is 0.375. The Morgan fingerprint density at radius 1 is 1.39 bits per heavy atom. The van der Waals surface area contributed by atoms with Gasteiger partial charge in [-0.05, 0) is 13.3 Å². The van der Waals surface area contributed by atoms with Crippen molar-refractivity contribution in [2.45, 2.75) is 13.3 Å². The molecule has 0 radical (unpaired) electrons. The van der Waals surface area contributed by atoms with Crippen molar-refractivity contribution in [1.29, 1.82) is 0 Å². The minimum Gasteiger partial charge on any atom is -0.598 e. The van der Waals surface area contributed by atoms with Gasteiger partial charge < -0.3 is 14.4 Å². The summed E-state index contributed by atoms with van der Waals surface area (Å²) in [5, 5.41) is 6.59. The average Bonchev–Trinajstić information content (AvgIpc) is 3.08. The molecular formula is C16H21N3O3S. The third-order valence-corrected chi connectivity index (χ3v) is 4.70. The quantitative estimate of drug-likeness (QED) is 0.590. The normalized spacial score (nSPS) is 12.3. The van der Waals surface area contributed by atoms with Gasteiger partial charge in [0.2, 0.25) is 0 Å². The number of hydrogen-bond donors (Lipinski definition) is 1. The molecule has 0 saturated carbocycles. The van der Waals surface area contributed by atoms with Crippen LogP contribution in [0.15, 0.2) is 40.9 Å². The lowest BCUT2D eigenvalue weighted by molar-refractivity contribution is 0.0944. The molecule has 1 aromatic carbocycles. The van der Waals surface area contributed by atoms with E-state index in [0.717, 1.165) is 12.0 Å². The monoisotopic (exact) mass is 335 g/mol. The maximum Gasteiger partial charge on any atom is 0.273 e. The van der Waals surface area contributed by atoms with Crippen molar-refractivity contribution in [2.75, 3.05) is 25.9 Å². The maximum atomic E-state index is 12.0. The molecule has 2 aromatic rings. The molecule has 0 saturated heterocycles. The fourth-order valence-electron chi connectivity index (χ4n) is 2.04. The lowest BCUT2D eigenvalue weighted by atomic mass is 10.1. The van der Waals surface area contributed by atoms with Gasteiger partial charge in [0.25, 0.3) is 5.91 Å². The predicted molar refractivity (Wildman–Crippen MR) is 90.2 cm³/mol. The smallest absolute Gasteiger partial charge is 0.273 e. The number of carbonyl (C=O) groups is 1. The second-order valence-corrected chi connectivity index (χ2v) is 6.86. The van der Waals surface area contributed by atoms with Gasteiger partial charge in [-0.1, -0.05) is 35.5 Å². The molecule has 0 aliphatic heterocycles. The van der Waals surface area contributed by atoms with Gasteiger partial charge in [0.05, 0.1) is 0 Å². The largest absolute Gasteiger partial charge is 0.598 e. The number of nitrogens with one attached hydrogen (secondary N) is 1. The summed E-state index contributed by atoms with van der Waals surface area (Å²) >= 11 is -0.946. The highest BCUT2D eigenvalue weighted by Gasteiger charge is 2.14. The molecule has 1 unspecified atom stereocenters. The van der Waals surface area contributed by atoms with Gasteiger partial charge in [0, 0.05) is 43.1 Å². The Hall–Kier alpha value is -1.83. The van der Waals surface area contributed by atoms with E-state index in [-0.39, 0.29) is 11.6 Å². The summed E-state index contributed by atoms with van der Waals surface area (Å²) in [5.41, 5.74) is 1.14. The fourth-order valence-corrected chi connectivity index (χ4v) is 2.81. The van der Waals surface area contributed by atoms with Crippen LogP contribution in [0.5, 0.6) is 0 Å². The maximum absolute atomic E-state index is 12.0. The van der Waals surface area contributed by atoms with E-state index in [0.29, 0.717) is 24.6 Å². The molecule has 2 rings (SSSR count). The molecule has 1 amide bonds. The number of aromatic nitrogens is 1. The molecule has 0 aliphatic rings. The van der Waals surface area contributed by atoms with Gasteiger partial charge in [0.15, 0.2) is 11.5 Å². The number of rotatable bonds is 8. The zero-order valence-electron chi connectivity index (χ0n) is 13.3. The van der Waals surface area contributed by atoms with Crippen LogP contribution >= 0.6 is 0 Å². The minimum atomic E-state index is -0.946. The highest BCUT2D eigenvalue weighted by Crippen LogP contribution is 2.19. The number of amides is 1. The number of carbonyl (C=O) groups excluding carboxylic acids is 1. The van der Waals surface area contributed by atoms with E-state index in [2.05, 4.69) is 10.5 Å². The zero-order valence-corrected chi connectivity index (χ0v) is 14.1. The Balaban J connectivity index is 1.80. The third kappa shape index (κ3) is 5.09. The first-order valence-corrected chi connectivity index (χ1v) is 8.79.